The van der Waals surface area contributed by atoms with Crippen molar-refractivity contribution >= 4 is 11.8 Å². The lowest BCUT2D eigenvalue weighted by Crippen LogP contribution is -2.10. The highest BCUT2D eigenvalue weighted by molar-refractivity contribution is 5.94. The van der Waals surface area contributed by atoms with E-state index in [-0.39, 0.29) is 25.4 Å². The van der Waals surface area contributed by atoms with Crippen molar-refractivity contribution in [2.24, 2.45) is 0 Å². The standard InChI is InChI=1S/C7H12O4/c1-6(9)5-7(10)11-4-2-3-8/h8H,2-5H2,1H3. The number of Topliss-reactive ketones (excluding diaryl/α,β-unsaturated/α-hetero) is 1. The summed E-state index contributed by atoms with van der Waals surface area (Å²) in [5.41, 5.74) is 0. The molecule has 0 heterocycles. The molecule has 4 heteroatoms. The van der Waals surface area contributed by atoms with Crippen molar-refractivity contribution in [3.8, 4) is 0 Å². The van der Waals surface area contributed by atoms with Crippen LogP contribution in [0.5, 0.6) is 0 Å². The van der Waals surface area contributed by atoms with E-state index in [1.54, 1.807) is 0 Å². The highest BCUT2D eigenvalue weighted by Gasteiger charge is 2.04. The molecule has 1 N–H and O–H groups in total. The van der Waals surface area contributed by atoms with Gasteiger partial charge in [-0.15, -0.1) is 0 Å². The summed E-state index contributed by atoms with van der Waals surface area (Å²) >= 11 is 0. The van der Waals surface area contributed by atoms with E-state index in [1.165, 1.54) is 6.92 Å². The number of aliphatic hydroxyl groups is 1. The Kier molecular flexibility index (Phi) is 5.37. The van der Waals surface area contributed by atoms with Crippen molar-refractivity contribution < 1.29 is 19.4 Å². The normalized spacial score (nSPS) is 9.27. The Balaban J connectivity index is 3.30. The molecule has 64 valence electrons. The molecule has 0 aliphatic carbocycles. The molecule has 0 aliphatic heterocycles. The summed E-state index contributed by atoms with van der Waals surface area (Å²) in [6.45, 7) is 1.50. The predicted octanol–water partition coefficient (Wildman–Crippen LogP) is -0.109. The van der Waals surface area contributed by atoms with Crippen LogP contribution in [0.2, 0.25) is 0 Å². The van der Waals surface area contributed by atoms with Crippen molar-refractivity contribution in [1.29, 1.82) is 0 Å². The van der Waals surface area contributed by atoms with Gasteiger partial charge in [0.1, 0.15) is 12.2 Å². The first-order valence-electron chi connectivity index (χ1n) is 3.42. The summed E-state index contributed by atoms with van der Waals surface area (Å²) in [6.07, 6.45) is 0.245. The van der Waals surface area contributed by atoms with Gasteiger partial charge in [-0.1, -0.05) is 0 Å². The zero-order valence-electron chi connectivity index (χ0n) is 6.50. The third-order valence-electron chi connectivity index (χ3n) is 0.959. The molecular formula is C7H12O4. The monoisotopic (exact) mass is 160 g/mol. The molecule has 0 aliphatic rings. The number of ketones is 1. The molecule has 0 spiro atoms. The summed E-state index contributed by atoms with van der Waals surface area (Å²) in [4.78, 5) is 20.9. The summed E-state index contributed by atoms with van der Waals surface area (Å²) in [5.74, 6) is -0.732. The lowest BCUT2D eigenvalue weighted by Gasteiger charge is -2.00. The van der Waals surface area contributed by atoms with Crippen molar-refractivity contribution in [2.75, 3.05) is 13.2 Å². The van der Waals surface area contributed by atoms with Gasteiger partial charge in [0.25, 0.3) is 0 Å². The van der Waals surface area contributed by atoms with E-state index in [0.717, 1.165) is 0 Å². The molecule has 0 aromatic rings. The molecular weight excluding hydrogens is 148 g/mol. The molecule has 0 radical (unpaired) electrons. The number of rotatable bonds is 5. The van der Waals surface area contributed by atoms with Crippen LogP contribution >= 0.6 is 0 Å². The number of aliphatic hydroxyl groups excluding tert-OH is 1. The van der Waals surface area contributed by atoms with Crippen LogP contribution < -0.4 is 0 Å². The van der Waals surface area contributed by atoms with E-state index in [1.807, 2.05) is 0 Å². The van der Waals surface area contributed by atoms with Gasteiger partial charge in [-0.2, -0.15) is 0 Å². The summed E-state index contributed by atoms with van der Waals surface area (Å²) < 4.78 is 4.57. The zero-order chi connectivity index (χ0) is 8.69. The maximum Gasteiger partial charge on any atom is 0.313 e. The minimum absolute atomic E-state index is 0.00660. The molecule has 0 fully saturated rings. The second-order valence-electron chi connectivity index (χ2n) is 2.18. The minimum atomic E-state index is -0.522. The van der Waals surface area contributed by atoms with Crippen LogP contribution in [0.1, 0.15) is 19.8 Å². The Morgan fingerprint density at radius 3 is 2.55 bits per heavy atom. The number of hydrogen-bond donors (Lipinski definition) is 1. The molecule has 0 rings (SSSR count). The Labute approximate surface area is 65.2 Å². The van der Waals surface area contributed by atoms with Gasteiger partial charge in [0.2, 0.25) is 0 Å². The highest BCUT2D eigenvalue weighted by Crippen LogP contribution is 1.89. The van der Waals surface area contributed by atoms with E-state index in [0.29, 0.717) is 6.42 Å². The number of ether oxygens (including phenoxy) is 1. The predicted molar refractivity (Wildman–Crippen MR) is 38.0 cm³/mol. The van der Waals surface area contributed by atoms with Crippen LogP contribution in [-0.4, -0.2) is 30.1 Å². The first-order valence-corrected chi connectivity index (χ1v) is 3.42. The third kappa shape index (κ3) is 6.99. The third-order valence-corrected chi connectivity index (χ3v) is 0.959. The van der Waals surface area contributed by atoms with Crippen LogP contribution in [-0.2, 0) is 14.3 Å². The van der Waals surface area contributed by atoms with Crippen molar-refractivity contribution in [3.05, 3.63) is 0 Å². The molecule has 0 aromatic carbocycles. The maximum atomic E-state index is 10.6. The summed E-state index contributed by atoms with van der Waals surface area (Å²) in [5, 5.41) is 8.30. The van der Waals surface area contributed by atoms with E-state index in [9.17, 15) is 9.59 Å². The number of carbonyl (C=O) groups excluding carboxylic acids is 2. The van der Waals surface area contributed by atoms with E-state index in [2.05, 4.69) is 4.74 Å². The Bertz CT molecular complexity index is 141. The fourth-order valence-electron chi connectivity index (χ4n) is 0.505. The number of esters is 1. The number of carbonyl (C=O) groups is 2. The van der Waals surface area contributed by atoms with Crippen molar-refractivity contribution in [1.82, 2.24) is 0 Å². The molecule has 0 unspecified atom stereocenters. The van der Waals surface area contributed by atoms with Crippen LogP contribution in [0, 0.1) is 0 Å². The van der Waals surface area contributed by atoms with Gasteiger partial charge >= 0.3 is 5.97 Å². The fourth-order valence-corrected chi connectivity index (χ4v) is 0.505. The second-order valence-corrected chi connectivity index (χ2v) is 2.18. The van der Waals surface area contributed by atoms with Crippen molar-refractivity contribution in [3.63, 3.8) is 0 Å². The average Bonchev–Trinajstić information content (AvgIpc) is 1.86. The molecule has 0 saturated carbocycles. The molecule has 4 nitrogen and oxygen atoms in total. The van der Waals surface area contributed by atoms with E-state index in [4.69, 9.17) is 5.11 Å². The lowest BCUT2D eigenvalue weighted by molar-refractivity contribution is -0.145. The number of hydrogen-bond acceptors (Lipinski definition) is 4. The zero-order valence-corrected chi connectivity index (χ0v) is 6.50. The van der Waals surface area contributed by atoms with Crippen LogP contribution in [0.15, 0.2) is 0 Å². The molecule has 0 saturated heterocycles. The van der Waals surface area contributed by atoms with Crippen LogP contribution in [0.4, 0.5) is 0 Å². The van der Waals surface area contributed by atoms with Crippen LogP contribution in [0.25, 0.3) is 0 Å². The van der Waals surface area contributed by atoms with Gasteiger partial charge in [0, 0.05) is 13.0 Å². The van der Waals surface area contributed by atoms with Gasteiger partial charge in [-0.3, -0.25) is 9.59 Å². The van der Waals surface area contributed by atoms with Crippen LogP contribution in [0.3, 0.4) is 0 Å². The summed E-state index contributed by atoms with van der Waals surface area (Å²) in [7, 11) is 0. The average molecular weight is 160 g/mol. The van der Waals surface area contributed by atoms with Gasteiger partial charge in [-0.25, -0.2) is 0 Å². The highest BCUT2D eigenvalue weighted by atomic mass is 16.5. The molecule has 0 bridgehead atoms. The Morgan fingerprint density at radius 2 is 2.09 bits per heavy atom. The minimum Gasteiger partial charge on any atom is -0.465 e. The van der Waals surface area contributed by atoms with E-state index < -0.39 is 5.97 Å². The smallest absolute Gasteiger partial charge is 0.313 e. The van der Waals surface area contributed by atoms with Gasteiger partial charge < -0.3 is 9.84 Å². The maximum absolute atomic E-state index is 10.6. The topological polar surface area (TPSA) is 63.6 Å². The fraction of sp³-hybridized carbons (Fsp3) is 0.714. The lowest BCUT2D eigenvalue weighted by atomic mass is 10.3. The second kappa shape index (κ2) is 5.85. The van der Waals surface area contributed by atoms with Gasteiger partial charge in [0.05, 0.1) is 6.61 Å². The molecule has 11 heavy (non-hydrogen) atoms. The first-order chi connectivity index (χ1) is 5.16. The van der Waals surface area contributed by atoms with Gasteiger partial charge in [0.15, 0.2) is 0 Å². The van der Waals surface area contributed by atoms with Gasteiger partial charge in [-0.05, 0) is 6.92 Å². The quantitative estimate of drug-likeness (QED) is 0.346. The summed E-state index contributed by atoms with van der Waals surface area (Å²) in [6, 6.07) is 0. The Morgan fingerprint density at radius 1 is 1.45 bits per heavy atom. The Hall–Kier alpha value is -0.900. The molecule has 0 amide bonds. The largest absolute Gasteiger partial charge is 0.465 e. The van der Waals surface area contributed by atoms with E-state index >= 15 is 0 Å². The molecule has 0 aromatic heterocycles. The molecule has 0 atom stereocenters. The van der Waals surface area contributed by atoms with Crippen molar-refractivity contribution in [2.45, 2.75) is 19.8 Å². The first kappa shape index (κ1) is 10.1. The SMILES string of the molecule is CC(=O)CC(=O)OCCCO.